The number of benzene rings is 2. The van der Waals surface area contributed by atoms with Gasteiger partial charge >= 0.3 is 0 Å². The highest BCUT2D eigenvalue weighted by atomic mass is 16.2. The van der Waals surface area contributed by atoms with Crippen LogP contribution >= 0.6 is 0 Å². The van der Waals surface area contributed by atoms with Crippen LogP contribution in [-0.2, 0) is 4.79 Å². The molecule has 5 nitrogen and oxygen atoms in total. The predicted molar refractivity (Wildman–Crippen MR) is 107 cm³/mol. The molecule has 5 heteroatoms. The van der Waals surface area contributed by atoms with E-state index >= 15 is 0 Å². The lowest BCUT2D eigenvalue weighted by Gasteiger charge is -2.10. The Morgan fingerprint density at radius 3 is 2.19 bits per heavy atom. The zero-order valence-electron chi connectivity index (χ0n) is 15.8. The van der Waals surface area contributed by atoms with Crippen molar-refractivity contribution in [1.29, 1.82) is 0 Å². The SMILES string of the molecule is Cc1ccc(NCC(=O)Nc2ccc(C(=O)NCC(C)C)cc2)cc1C. The van der Waals surface area contributed by atoms with Crippen LogP contribution in [0.1, 0.15) is 35.3 Å². The molecule has 0 heterocycles. The molecule has 26 heavy (non-hydrogen) atoms. The average Bonchev–Trinajstić information content (AvgIpc) is 2.61. The first kappa shape index (κ1) is 19.5. The highest BCUT2D eigenvalue weighted by Gasteiger charge is 2.07. The van der Waals surface area contributed by atoms with Gasteiger partial charge in [0.05, 0.1) is 6.54 Å². The summed E-state index contributed by atoms with van der Waals surface area (Å²) in [7, 11) is 0. The molecule has 2 rings (SSSR count). The number of carbonyl (C=O) groups excluding carboxylic acids is 2. The van der Waals surface area contributed by atoms with Gasteiger partial charge in [0.25, 0.3) is 5.91 Å². The molecule has 0 spiro atoms. The van der Waals surface area contributed by atoms with Crippen molar-refractivity contribution in [2.75, 3.05) is 23.7 Å². The lowest BCUT2D eigenvalue weighted by Crippen LogP contribution is -2.27. The molecular formula is C21H27N3O2. The molecule has 0 bridgehead atoms. The third kappa shape index (κ3) is 5.92. The second-order valence-corrected chi connectivity index (χ2v) is 6.88. The summed E-state index contributed by atoms with van der Waals surface area (Å²) in [6.07, 6.45) is 0. The van der Waals surface area contributed by atoms with Crippen LogP contribution in [-0.4, -0.2) is 24.9 Å². The van der Waals surface area contributed by atoms with Crippen LogP contribution in [0.2, 0.25) is 0 Å². The van der Waals surface area contributed by atoms with Gasteiger partial charge in [0, 0.05) is 23.5 Å². The van der Waals surface area contributed by atoms with Gasteiger partial charge < -0.3 is 16.0 Å². The van der Waals surface area contributed by atoms with E-state index in [4.69, 9.17) is 0 Å². The van der Waals surface area contributed by atoms with Crippen molar-refractivity contribution in [3.05, 3.63) is 59.2 Å². The highest BCUT2D eigenvalue weighted by Crippen LogP contribution is 2.14. The number of hydrogen-bond acceptors (Lipinski definition) is 3. The first-order valence-corrected chi connectivity index (χ1v) is 8.84. The molecule has 2 aromatic rings. The van der Waals surface area contributed by atoms with Crippen molar-refractivity contribution in [2.24, 2.45) is 5.92 Å². The van der Waals surface area contributed by atoms with Crippen LogP contribution in [0.4, 0.5) is 11.4 Å². The lowest BCUT2D eigenvalue weighted by molar-refractivity contribution is -0.114. The van der Waals surface area contributed by atoms with E-state index in [0.29, 0.717) is 23.7 Å². The standard InChI is InChI=1S/C21H27N3O2/c1-14(2)12-23-21(26)17-6-9-18(10-7-17)24-20(25)13-22-19-8-5-15(3)16(4)11-19/h5-11,14,22H,12-13H2,1-4H3,(H,23,26)(H,24,25). The highest BCUT2D eigenvalue weighted by molar-refractivity contribution is 5.96. The van der Waals surface area contributed by atoms with E-state index in [1.165, 1.54) is 11.1 Å². The second kappa shape index (κ2) is 9.04. The van der Waals surface area contributed by atoms with E-state index < -0.39 is 0 Å². The number of anilines is 2. The van der Waals surface area contributed by atoms with Gasteiger partial charge in [0.2, 0.25) is 5.91 Å². The summed E-state index contributed by atoms with van der Waals surface area (Å²) in [6.45, 7) is 9.01. The summed E-state index contributed by atoms with van der Waals surface area (Å²) in [4.78, 5) is 24.1. The van der Waals surface area contributed by atoms with Crippen LogP contribution in [0, 0.1) is 19.8 Å². The van der Waals surface area contributed by atoms with Crippen LogP contribution in [0.3, 0.4) is 0 Å². The van der Waals surface area contributed by atoms with Crippen LogP contribution in [0.15, 0.2) is 42.5 Å². The van der Waals surface area contributed by atoms with E-state index in [1.807, 2.05) is 39.0 Å². The summed E-state index contributed by atoms with van der Waals surface area (Å²) in [5.41, 5.74) is 4.56. The maximum atomic E-state index is 12.1. The molecule has 0 saturated heterocycles. The van der Waals surface area contributed by atoms with Gasteiger partial charge in [-0.2, -0.15) is 0 Å². The molecule has 0 aromatic heterocycles. The lowest BCUT2D eigenvalue weighted by atomic mass is 10.1. The number of rotatable bonds is 7. The van der Waals surface area contributed by atoms with E-state index in [2.05, 4.69) is 22.9 Å². The molecule has 138 valence electrons. The minimum absolute atomic E-state index is 0.104. The zero-order chi connectivity index (χ0) is 19.1. The van der Waals surface area contributed by atoms with Gasteiger partial charge in [0.1, 0.15) is 0 Å². The van der Waals surface area contributed by atoms with Crippen LogP contribution < -0.4 is 16.0 Å². The Bertz CT molecular complexity index is 767. The third-order valence-electron chi connectivity index (χ3n) is 4.06. The molecule has 0 aliphatic heterocycles. The molecular weight excluding hydrogens is 326 g/mol. The van der Waals surface area contributed by atoms with Gasteiger partial charge in [-0.3, -0.25) is 9.59 Å². The molecule has 0 aliphatic carbocycles. The first-order valence-electron chi connectivity index (χ1n) is 8.84. The molecule has 3 N–H and O–H groups in total. The van der Waals surface area contributed by atoms with Crippen LogP contribution in [0.25, 0.3) is 0 Å². The van der Waals surface area contributed by atoms with Crippen molar-refractivity contribution in [1.82, 2.24) is 5.32 Å². The van der Waals surface area contributed by atoms with E-state index in [9.17, 15) is 9.59 Å². The van der Waals surface area contributed by atoms with E-state index in [1.54, 1.807) is 24.3 Å². The Labute approximate surface area is 155 Å². The summed E-state index contributed by atoms with van der Waals surface area (Å²) in [6, 6.07) is 12.9. The van der Waals surface area contributed by atoms with Gasteiger partial charge in [-0.1, -0.05) is 19.9 Å². The number of nitrogens with one attached hydrogen (secondary N) is 3. The maximum absolute atomic E-state index is 12.1. The Balaban J connectivity index is 1.85. The largest absolute Gasteiger partial charge is 0.376 e. The van der Waals surface area contributed by atoms with Crippen molar-refractivity contribution in [3.63, 3.8) is 0 Å². The molecule has 0 radical (unpaired) electrons. The molecule has 0 atom stereocenters. The topological polar surface area (TPSA) is 70.2 Å². The minimum Gasteiger partial charge on any atom is -0.376 e. The summed E-state index contributed by atoms with van der Waals surface area (Å²) in [5.74, 6) is 0.163. The number of carbonyl (C=O) groups is 2. The molecule has 0 saturated carbocycles. The summed E-state index contributed by atoms with van der Waals surface area (Å²) >= 11 is 0. The number of aryl methyl sites for hydroxylation is 2. The monoisotopic (exact) mass is 353 g/mol. The molecule has 0 aliphatic rings. The van der Waals surface area contributed by atoms with Gasteiger partial charge in [-0.05, 0) is 67.3 Å². The van der Waals surface area contributed by atoms with Crippen LogP contribution in [0.5, 0.6) is 0 Å². The Hall–Kier alpha value is -2.82. The Morgan fingerprint density at radius 1 is 0.923 bits per heavy atom. The molecule has 0 fully saturated rings. The summed E-state index contributed by atoms with van der Waals surface area (Å²) in [5, 5.41) is 8.80. The van der Waals surface area contributed by atoms with E-state index in [-0.39, 0.29) is 18.4 Å². The minimum atomic E-state index is -0.139. The summed E-state index contributed by atoms with van der Waals surface area (Å²) < 4.78 is 0. The Morgan fingerprint density at radius 2 is 1.58 bits per heavy atom. The number of amides is 2. The fourth-order valence-electron chi connectivity index (χ4n) is 2.34. The molecule has 2 aromatic carbocycles. The van der Waals surface area contributed by atoms with Crippen molar-refractivity contribution in [2.45, 2.75) is 27.7 Å². The smallest absolute Gasteiger partial charge is 0.251 e. The van der Waals surface area contributed by atoms with Crippen molar-refractivity contribution in [3.8, 4) is 0 Å². The van der Waals surface area contributed by atoms with Gasteiger partial charge in [-0.15, -0.1) is 0 Å². The third-order valence-corrected chi connectivity index (χ3v) is 4.06. The normalized spacial score (nSPS) is 10.5. The molecule has 0 unspecified atom stereocenters. The fourth-order valence-corrected chi connectivity index (χ4v) is 2.34. The Kier molecular flexibility index (Phi) is 6.78. The van der Waals surface area contributed by atoms with Gasteiger partial charge in [0.15, 0.2) is 0 Å². The number of hydrogen-bond donors (Lipinski definition) is 3. The average molecular weight is 353 g/mol. The maximum Gasteiger partial charge on any atom is 0.251 e. The predicted octanol–water partition coefficient (Wildman–Crippen LogP) is 3.74. The molecule has 2 amide bonds. The second-order valence-electron chi connectivity index (χ2n) is 6.88. The van der Waals surface area contributed by atoms with E-state index in [0.717, 1.165) is 5.69 Å². The quantitative estimate of drug-likeness (QED) is 0.710. The fraction of sp³-hybridized carbons (Fsp3) is 0.333. The van der Waals surface area contributed by atoms with Gasteiger partial charge in [-0.25, -0.2) is 0 Å². The zero-order valence-corrected chi connectivity index (χ0v) is 15.8. The van der Waals surface area contributed by atoms with Crippen molar-refractivity contribution >= 4 is 23.2 Å². The van der Waals surface area contributed by atoms with Crippen molar-refractivity contribution < 1.29 is 9.59 Å². The first-order chi connectivity index (χ1) is 12.3.